The van der Waals surface area contributed by atoms with E-state index in [2.05, 4.69) is 0 Å². The maximum absolute atomic E-state index is 13.0. The molecule has 2 N–H and O–H groups in total. The van der Waals surface area contributed by atoms with E-state index < -0.39 is 12.0 Å². The van der Waals surface area contributed by atoms with Gasteiger partial charge in [-0.15, -0.1) is 0 Å². The number of methoxy groups -OCH3 is 1. The number of hydrogen-bond acceptors (Lipinski definition) is 2. The molecule has 94 valence electrons. The van der Waals surface area contributed by atoms with Crippen molar-refractivity contribution in [1.29, 1.82) is 0 Å². The lowest BCUT2D eigenvalue weighted by Crippen LogP contribution is -2.34. The maximum atomic E-state index is 13.0. The molecule has 1 aromatic carbocycles. The second-order valence-electron chi connectivity index (χ2n) is 4.62. The molecule has 0 radical (unpaired) electrons. The highest BCUT2D eigenvalue weighted by Crippen LogP contribution is 2.41. The average molecular weight is 241 g/mol. The first-order chi connectivity index (χ1) is 8.07. The first kappa shape index (κ1) is 12.3. The van der Waals surface area contributed by atoms with Crippen molar-refractivity contribution in [1.82, 2.24) is 0 Å². The molecular formula is C13H17F2NO. The summed E-state index contributed by atoms with van der Waals surface area (Å²) >= 11 is 0. The summed E-state index contributed by atoms with van der Waals surface area (Å²) < 4.78 is 31.1. The summed E-state index contributed by atoms with van der Waals surface area (Å²) in [5, 5.41) is 0. The minimum atomic E-state index is -2.49. The largest absolute Gasteiger partial charge is 0.497 e. The highest BCUT2D eigenvalue weighted by molar-refractivity contribution is 5.41. The van der Waals surface area contributed by atoms with Crippen molar-refractivity contribution in [3.05, 3.63) is 29.3 Å². The van der Waals surface area contributed by atoms with Gasteiger partial charge in [0, 0.05) is 11.1 Å². The zero-order valence-corrected chi connectivity index (χ0v) is 9.88. The second-order valence-corrected chi connectivity index (χ2v) is 4.62. The Morgan fingerprint density at radius 1 is 1.29 bits per heavy atom. The van der Waals surface area contributed by atoms with Gasteiger partial charge in [-0.25, -0.2) is 8.78 Å². The third-order valence-electron chi connectivity index (χ3n) is 3.53. The number of ether oxygens (including phenoxy) is 1. The van der Waals surface area contributed by atoms with Gasteiger partial charge in [0.1, 0.15) is 5.75 Å². The van der Waals surface area contributed by atoms with Crippen molar-refractivity contribution in [3.63, 3.8) is 0 Å². The zero-order chi connectivity index (χ0) is 12.5. The number of rotatable bonds is 3. The fourth-order valence-electron chi connectivity index (χ4n) is 2.56. The Morgan fingerprint density at radius 2 is 1.94 bits per heavy atom. The predicted octanol–water partition coefficient (Wildman–Crippen LogP) is 3.36. The van der Waals surface area contributed by atoms with Crippen LogP contribution in [0.25, 0.3) is 0 Å². The molecule has 0 bridgehead atoms. The van der Waals surface area contributed by atoms with Crippen molar-refractivity contribution in [2.24, 2.45) is 5.73 Å². The van der Waals surface area contributed by atoms with E-state index in [1.54, 1.807) is 12.1 Å². The highest BCUT2D eigenvalue weighted by Gasteiger charge is 2.35. The van der Waals surface area contributed by atoms with Crippen LogP contribution in [0.5, 0.6) is 5.75 Å². The van der Waals surface area contributed by atoms with Crippen LogP contribution in [0.2, 0.25) is 0 Å². The monoisotopic (exact) mass is 241 g/mol. The SMILES string of the molecule is COc1ccc(C(F)F)c(C2(N)CCCC2)c1. The molecular weight excluding hydrogens is 224 g/mol. The molecule has 0 aliphatic heterocycles. The van der Waals surface area contributed by atoms with Crippen LogP contribution in [0.4, 0.5) is 8.78 Å². The molecule has 2 rings (SSSR count). The number of benzene rings is 1. The van der Waals surface area contributed by atoms with Crippen molar-refractivity contribution in [2.45, 2.75) is 37.6 Å². The van der Waals surface area contributed by atoms with Crippen molar-refractivity contribution < 1.29 is 13.5 Å². The zero-order valence-electron chi connectivity index (χ0n) is 9.88. The molecule has 0 spiro atoms. The quantitative estimate of drug-likeness (QED) is 0.880. The van der Waals surface area contributed by atoms with E-state index in [0.717, 1.165) is 25.7 Å². The lowest BCUT2D eigenvalue weighted by molar-refractivity contribution is 0.148. The fraction of sp³-hybridized carbons (Fsp3) is 0.538. The summed E-state index contributed by atoms with van der Waals surface area (Å²) in [6.07, 6.45) is 1.03. The average Bonchev–Trinajstić information content (AvgIpc) is 2.76. The van der Waals surface area contributed by atoms with Crippen LogP contribution < -0.4 is 10.5 Å². The Hall–Kier alpha value is -1.16. The molecule has 1 aliphatic rings. The molecule has 1 saturated carbocycles. The minimum Gasteiger partial charge on any atom is -0.497 e. The molecule has 2 nitrogen and oxygen atoms in total. The second kappa shape index (κ2) is 4.61. The van der Waals surface area contributed by atoms with Crippen molar-refractivity contribution in [3.8, 4) is 5.75 Å². The van der Waals surface area contributed by atoms with Crippen LogP contribution in [-0.2, 0) is 5.54 Å². The van der Waals surface area contributed by atoms with E-state index in [9.17, 15) is 8.78 Å². The number of alkyl halides is 2. The summed E-state index contributed by atoms with van der Waals surface area (Å²) in [5.74, 6) is 0.584. The van der Waals surface area contributed by atoms with Crippen LogP contribution in [0.3, 0.4) is 0 Å². The third-order valence-corrected chi connectivity index (χ3v) is 3.53. The molecule has 0 unspecified atom stereocenters. The van der Waals surface area contributed by atoms with Crippen LogP contribution in [0, 0.1) is 0 Å². The summed E-state index contributed by atoms with van der Waals surface area (Å²) in [6, 6.07) is 4.64. The summed E-state index contributed by atoms with van der Waals surface area (Å²) in [4.78, 5) is 0. The van der Waals surface area contributed by atoms with Crippen LogP contribution in [0.15, 0.2) is 18.2 Å². The Labute approximate surface area is 99.8 Å². The molecule has 0 atom stereocenters. The van der Waals surface area contributed by atoms with Gasteiger partial charge in [0.25, 0.3) is 6.43 Å². The minimum absolute atomic E-state index is 0.0372. The van der Waals surface area contributed by atoms with Crippen LogP contribution in [-0.4, -0.2) is 7.11 Å². The topological polar surface area (TPSA) is 35.2 Å². The molecule has 1 fully saturated rings. The van der Waals surface area contributed by atoms with E-state index in [1.807, 2.05) is 0 Å². The number of nitrogens with two attached hydrogens (primary N) is 1. The van der Waals surface area contributed by atoms with Gasteiger partial charge in [-0.3, -0.25) is 0 Å². The Morgan fingerprint density at radius 3 is 2.47 bits per heavy atom. The lowest BCUT2D eigenvalue weighted by Gasteiger charge is -2.27. The predicted molar refractivity (Wildman–Crippen MR) is 62.3 cm³/mol. The van der Waals surface area contributed by atoms with Gasteiger partial charge in [-0.2, -0.15) is 0 Å². The smallest absolute Gasteiger partial charge is 0.264 e. The summed E-state index contributed by atoms with van der Waals surface area (Å²) in [7, 11) is 1.53. The van der Waals surface area contributed by atoms with E-state index in [-0.39, 0.29) is 5.56 Å². The maximum Gasteiger partial charge on any atom is 0.264 e. The molecule has 0 amide bonds. The molecule has 1 aliphatic carbocycles. The third kappa shape index (κ3) is 2.27. The van der Waals surface area contributed by atoms with Crippen LogP contribution >= 0.6 is 0 Å². The van der Waals surface area contributed by atoms with E-state index >= 15 is 0 Å². The molecule has 0 aromatic heterocycles. The van der Waals surface area contributed by atoms with Gasteiger partial charge in [0.15, 0.2) is 0 Å². The standard InChI is InChI=1S/C13H17F2NO/c1-17-9-4-5-10(12(14)15)11(8-9)13(16)6-2-3-7-13/h4-5,8,12H,2-3,6-7,16H2,1H3. The van der Waals surface area contributed by atoms with E-state index in [0.29, 0.717) is 11.3 Å². The van der Waals surface area contributed by atoms with E-state index in [4.69, 9.17) is 10.5 Å². The Balaban J connectivity index is 2.48. The molecule has 1 aromatic rings. The Kier molecular flexibility index (Phi) is 3.33. The molecule has 17 heavy (non-hydrogen) atoms. The van der Waals surface area contributed by atoms with Gasteiger partial charge < -0.3 is 10.5 Å². The Bertz CT molecular complexity index is 400. The summed E-state index contributed by atoms with van der Waals surface area (Å²) in [6.45, 7) is 0. The summed E-state index contributed by atoms with van der Waals surface area (Å²) in [5.41, 5.74) is 6.23. The van der Waals surface area contributed by atoms with Crippen molar-refractivity contribution >= 4 is 0 Å². The molecule has 0 heterocycles. The molecule has 0 saturated heterocycles. The van der Waals surface area contributed by atoms with Gasteiger partial charge in [-0.1, -0.05) is 12.8 Å². The first-order valence-electron chi connectivity index (χ1n) is 5.82. The number of halogens is 2. The lowest BCUT2D eigenvalue weighted by atomic mass is 9.86. The van der Waals surface area contributed by atoms with Gasteiger partial charge >= 0.3 is 0 Å². The van der Waals surface area contributed by atoms with Crippen molar-refractivity contribution in [2.75, 3.05) is 7.11 Å². The van der Waals surface area contributed by atoms with Gasteiger partial charge in [0.2, 0.25) is 0 Å². The number of hydrogen-bond donors (Lipinski definition) is 1. The fourth-order valence-corrected chi connectivity index (χ4v) is 2.56. The van der Waals surface area contributed by atoms with Crippen LogP contribution in [0.1, 0.15) is 43.2 Å². The first-order valence-corrected chi connectivity index (χ1v) is 5.82. The van der Waals surface area contributed by atoms with Gasteiger partial charge in [-0.05, 0) is 36.6 Å². The highest BCUT2D eigenvalue weighted by atomic mass is 19.3. The van der Waals surface area contributed by atoms with E-state index in [1.165, 1.54) is 13.2 Å². The van der Waals surface area contributed by atoms with Gasteiger partial charge in [0.05, 0.1) is 7.11 Å². The normalized spacial score (nSPS) is 18.6. The molecule has 4 heteroatoms.